The third-order valence-corrected chi connectivity index (χ3v) is 2.68. The Morgan fingerprint density at radius 3 is 2.50 bits per heavy atom. The van der Waals surface area contributed by atoms with Gasteiger partial charge in [0.1, 0.15) is 0 Å². The molecule has 80 valence electrons. The molecule has 0 atom stereocenters. The smallest absolute Gasteiger partial charge is 0.0946 e. The van der Waals surface area contributed by atoms with Crippen molar-refractivity contribution in [2.24, 2.45) is 0 Å². The van der Waals surface area contributed by atoms with E-state index in [9.17, 15) is 0 Å². The first-order valence-corrected chi connectivity index (χ1v) is 5.13. The van der Waals surface area contributed by atoms with Gasteiger partial charge in [-0.1, -0.05) is 6.42 Å². The zero-order valence-corrected chi connectivity index (χ0v) is 9.25. The van der Waals surface area contributed by atoms with E-state index < -0.39 is 0 Å². The number of likely N-dealkylation sites (tertiary alicyclic amines) is 1. The zero-order valence-electron chi connectivity index (χ0n) is 8.43. The molecule has 0 aromatic carbocycles. The van der Waals surface area contributed by atoms with Crippen LogP contribution < -0.4 is 0 Å². The molecule has 1 saturated heterocycles. The first-order valence-electron chi connectivity index (χ1n) is 5.13. The van der Waals surface area contributed by atoms with Gasteiger partial charge in [0.2, 0.25) is 0 Å². The normalized spacial score (nSPS) is 17.7. The number of rotatable bonds is 3. The zero-order chi connectivity index (χ0) is 8.93. The fraction of sp³-hybridized carbons (Fsp3) is 0.700. The number of hydrogen-bond donors (Lipinski definition) is 0. The van der Waals surface area contributed by atoms with Gasteiger partial charge in [-0.05, 0) is 25.9 Å². The molecular formula is C10H18ClN3. The molecule has 0 N–H and O–H groups in total. The standard InChI is InChI=1S/C10H17N3.ClH/c1-2-5-12(6-3-1)8-9-13-7-4-11-10-13;/h4,7,10H,1-3,5-6,8-9H2;1H. The minimum Gasteiger partial charge on any atom is -0.336 e. The molecule has 0 aliphatic carbocycles. The maximum Gasteiger partial charge on any atom is 0.0946 e. The molecule has 2 heterocycles. The summed E-state index contributed by atoms with van der Waals surface area (Å²) in [7, 11) is 0. The van der Waals surface area contributed by atoms with Crippen LogP contribution in [-0.4, -0.2) is 34.1 Å². The molecule has 0 radical (unpaired) electrons. The summed E-state index contributed by atoms with van der Waals surface area (Å²) in [6.07, 6.45) is 9.94. The molecule has 1 aliphatic heterocycles. The summed E-state index contributed by atoms with van der Waals surface area (Å²) in [5.74, 6) is 0. The minimum absolute atomic E-state index is 0. The lowest BCUT2D eigenvalue weighted by Crippen LogP contribution is -2.32. The third kappa shape index (κ3) is 3.31. The van der Waals surface area contributed by atoms with E-state index in [0.29, 0.717) is 0 Å². The van der Waals surface area contributed by atoms with Crippen LogP contribution in [-0.2, 0) is 6.54 Å². The Morgan fingerprint density at radius 2 is 1.86 bits per heavy atom. The Balaban J connectivity index is 0.000000980. The predicted octanol–water partition coefficient (Wildman–Crippen LogP) is 1.79. The van der Waals surface area contributed by atoms with Gasteiger partial charge in [-0.2, -0.15) is 0 Å². The molecule has 4 heteroatoms. The van der Waals surface area contributed by atoms with Crippen LogP contribution in [0.3, 0.4) is 0 Å². The topological polar surface area (TPSA) is 21.1 Å². The molecule has 14 heavy (non-hydrogen) atoms. The highest BCUT2D eigenvalue weighted by Crippen LogP contribution is 2.07. The minimum atomic E-state index is 0. The Hall–Kier alpha value is -0.540. The van der Waals surface area contributed by atoms with Crippen LogP contribution in [0.2, 0.25) is 0 Å². The van der Waals surface area contributed by atoms with E-state index in [1.165, 1.54) is 38.9 Å². The summed E-state index contributed by atoms with van der Waals surface area (Å²) in [5.41, 5.74) is 0. The number of halogens is 1. The Labute approximate surface area is 91.5 Å². The van der Waals surface area contributed by atoms with Crippen LogP contribution in [0.4, 0.5) is 0 Å². The molecule has 0 amide bonds. The molecule has 1 aromatic rings. The van der Waals surface area contributed by atoms with Crippen molar-refractivity contribution in [3.8, 4) is 0 Å². The molecular weight excluding hydrogens is 198 g/mol. The third-order valence-electron chi connectivity index (χ3n) is 2.68. The summed E-state index contributed by atoms with van der Waals surface area (Å²) < 4.78 is 2.15. The van der Waals surface area contributed by atoms with Gasteiger partial charge in [-0.3, -0.25) is 0 Å². The van der Waals surface area contributed by atoms with E-state index in [1.807, 2.05) is 18.7 Å². The van der Waals surface area contributed by atoms with Crippen molar-refractivity contribution in [1.82, 2.24) is 14.5 Å². The van der Waals surface area contributed by atoms with Gasteiger partial charge in [0.15, 0.2) is 0 Å². The van der Waals surface area contributed by atoms with Crippen LogP contribution in [0.25, 0.3) is 0 Å². The fourth-order valence-corrected chi connectivity index (χ4v) is 1.86. The first-order chi connectivity index (χ1) is 6.45. The molecule has 1 aromatic heterocycles. The van der Waals surface area contributed by atoms with Gasteiger partial charge in [-0.15, -0.1) is 12.4 Å². The first kappa shape index (κ1) is 11.5. The SMILES string of the molecule is Cl.c1cn(CCN2CCCCC2)cn1. The van der Waals surface area contributed by atoms with Gasteiger partial charge in [0, 0.05) is 25.5 Å². The van der Waals surface area contributed by atoms with Crippen molar-refractivity contribution in [2.45, 2.75) is 25.8 Å². The second-order valence-electron chi connectivity index (χ2n) is 3.70. The molecule has 0 saturated carbocycles. The fourth-order valence-electron chi connectivity index (χ4n) is 1.86. The highest BCUT2D eigenvalue weighted by molar-refractivity contribution is 5.85. The average Bonchev–Trinajstić information content (AvgIpc) is 2.69. The monoisotopic (exact) mass is 215 g/mol. The molecule has 0 unspecified atom stereocenters. The van der Waals surface area contributed by atoms with Gasteiger partial charge in [-0.25, -0.2) is 4.98 Å². The summed E-state index contributed by atoms with van der Waals surface area (Å²) in [5, 5.41) is 0. The van der Waals surface area contributed by atoms with Gasteiger partial charge in [0.05, 0.1) is 6.33 Å². The van der Waals surface area contributed by atoms with Crippen molar-refractivity contribution in [3.05, 3.63) is 18.7 Å². The van der Waals surface area contributed by atoms with Crippen molar-refractivity contribution in [1.29, 1.82) is 0 Å². The predicted molar refractivity (Wildman–Crippen MR) is 59.8 cm³/mol. The van der Waals surface area contributed by atoms with Crippen LogP contribution in [0, 0.1) is 0 Å². The lowest BCUT2D eigenvalue weighted by molar-refractivity contribution is 0.221. The van der Waals surface area contributed by atoms with Crippen molar-refractivity contribution in [2.75, 3.05) is 19.6 Å². The summed E-state index contributed by atoms with van der Waals surface area (Å²) in [6.45, 7) is 4.83. The lowest BCUT2D eigenvalue weighted by Gasteiger charge is -2.26. The Bertz CT molecular complexity index is 230. The van der Waals surface area contributed by atoms with Gasteiger partial charge < -0.3 is 9.47 Å². The van der Waals surface area contributed by atoms with E-state index in [0.717, 1.165) is 6.54 Å². The Morgan fingerprint density at radius 1 is 1.07 bits per heavy atom. The molecule has 3 nitrogen and oxygen atoms in total. The van der Waals surface area contributed by atoms with E-state index in [-0.39, 0.29) is 12.4 Å². The maximum atomic E-state index is 4.03. The van der Waals surface area contributed by atoms with Gasteiger partial charge in [0.25, 0.3) is 0 Å². The maximum absolute atomic E-state index is 4.03. The van der Waals surface area contributed by atoms with Crippen molar-refractivity contribution >= 4 is 12.4 Å². The van der Waals surface area contributed by atoms with Crippen LogP contribution >= 0.6 is 12.4 Å². The number of hydrogen-bond acceptors (Lipinski definition) is 2. The molecule has 1 fully saturated rings. The second kappa shape index (κ2) is 6.04. The molecule has 2 rings (SSSR count). The summed E-state index contributed by atoms with van der Waals surface area (Å²) >= 11 is 0. The number of aromatic nitrogens is 2. The largest absolute Gasteiger partial charge is 0.336 e. The lowest BCUT2D eigenvalue weighted by atomic mass is 10.1. The molecule has 0 bridgehead atoms. The number of nitrogens with zero attached hydrogens (tertiary/aromatic N) is 3. The highest BCUT2D eigenvalue weighted by atomic mass is 35.5. The van der Waals surface area contributed by atoms with Gasteiger partial charge >= 0.3 is 0 Å². The quantitative estimate of drug-likeness (QED) is 0.767. The Kier molecular flexibility index (Phi) is 4.98. The molecule has 1 aliphatic rings. The van der Waals surface area contributed by atoms with E-state index in [4.69, 9.17) is 0 Å². The van der Waals surface area contributed by atoms with E-state index in [1.54, 1.807) is 0 Å². The summed E-state index contributed by atoms with van der Waals surface area (Å²) in [6, 6.07) is 0. The van der Waals surface area contributed by atoms with Crippen molar-refractivity contribution < 1.29 is 0 Å². The molecule has 0 spiro atoms. The summed E-state index contributed by atoms with van der Waals surface area (Å²) in [4.78, 5) is 6.58. The highest BCUT2D eigenvalue weighted by Gasteiger charge is 2.08. The second-order valence-corrected chi connectivity index (χ2v) is 3.70. The van der Waals surface area contributed by atoms with E-state index in [2.05, 4.69) is 14.5 Å². The van der Waals surface area contributed by atoms with Crippen LogP contribution in [0.5, 0.6) is 0 Å². The van der Waals surface area contributed by atoms with E-state index >= 15 is 0 Å². The number of piperidine rings is 1. The van der Waals surface area contributed by atoms with Crippen LogP contribution in [0.1, 0.15) is 19.3 Å². The van der Waals surface area contributed by atoms with Crippen LogP contribution in [0.15, 0.2) is 18.7 Å². The average molecular weight is 216 g/mol. The number of imidazole rings is 1. The van der Waals surface area contributed by atoms with Crippen molar-refractivity contribution in [3.63, 3.8) is 0 Å².